The first-order chi connectivity index (χ1) is 10.0. The molecule has 0 aliphatic carbocycles. The molecule has 1 heterocycles. The Morgan fingerprint density at radius 2 is 2.05 bits per heavy atom. The van der Waals surface area contributed by atoms with Gasteiger partial charge in [0.2, 0.25) is 10.0 Å². The summed E-state index contributed by atoms with van der Waals surface area (Å²) in [7, 11) is -0.543. The molecule has 1 aromatic carbocycles. The van der Waals surface area contributed by atoms with Gasteiger partial charge in [0.25, 0.3) is 0 Å². The van der Waals surface area contributed by atoms with Crippen LogP contribution < -0.4 is 10.5 Å². The van der Waals surface area contributed by atoms with Gasteiger partial charge in [-0.1, -0.05) is 6.07 Å². The van der Waals surface area contributed by atoms with E-state index in [2.05, 4.69) is 0 Å². The number of rotatable bonds is 5. The third-order valence-corrected chi connectivity index (χ3v) is 5.76. The van der Waals surface area contributed by atoms with Crippen molar-refractivity contribution in [3.05, 3.63) is 23.8 Å². The van der Waals surface area contributed by atoms with E-state index in [1.807, 2.05) is 0 Å². The Hall–Kier alpha value is -1.15. The molecule has 0 amide bonds. The van der Waals surface area contributed by atoms with Crippen LogP contribution in [0.5, 0.6) is 5.75 Å². The van der Waals surface area contributed by atoms with Gasteiger partial charge in [0.15, 0.2) is 0 Å². The molecule has 1 aliphatic rings. The van der Waals surface area contributed by atoms with E-state index in [9.17, 15) is 8.42 Å². The van der Waals surface area contributed by atoms with Crippen molar-refractivity contribution in [3.63, 3.8) is 0 Å². The highest BCUT2D eigenvalue weighted by Gasteiger charge is 2.31. The third-order valence-electron chi connectivity index (χ3n) is 3.83. The smallest absolute Gasteiger partial charge is 0.246 e. The summed E-state index contributed by atoms with van der Waals surface area (Å²) >= 11 is 0. The van der Waals surface area contributed by atoms with Gasteiger partial charge in [-0.05, 0) is 30.5 Å². The molecular weight excluding hydrogens is 292 g/mol. The lowest BCUT2D eigenvalue weighted by Gasteiger charge is -2.30. The van der Waals surface area contributed by atoms with Crippen molar-refractivity contribution < 1.29 is 17.9 Å². The van der Waals surface area contributed by atoms with Crippen LogP contribution in [0.25, 0.3) is 0 Å². The summed E-state index contributed by atoms with van der Waals surface area (Å²) in [6, 6.07) is 4.96. The number of ether oxygens (including phenoxy) is 2. The number of hydrogen-bond donors (Lipinski definition) is 1. The van der Waals surface area contributed by atoms with Crippen molar-refractivity contribution in [3.8, 4) is 5.75 Å². The van der Waals surface area contributed by atoms with E-state index in [1.54, 1.807) is 25.2 Å². The van der Waals surface area contributed by atoms with Crippen LogP contribution in [0, 0.1) is 0 Å². The monoisotopic (exact) mass is 314 g/mol. The van der Waals surface area contributed by atoms with Crippen LogP contribution in [0.15, 0.2) is 23.1 Å². The number of sulfonamides is 1. The molecule has 0 saturated carbocycles. The molecule has 0 unspecified atom stereocenters. The zero-order chi connectivity index (χ0) is 15.5. The lowest BCUT2D eigenvalue weighted by molar-refractivity contribution is 0.0632. The number of benzene rings is 1. The second-order valence-corrected chi connectivity index (χ2v) is 7.02. The number of nitrogens with two attached hydrogens (primary N) is 1. The molecule has 0 spiro atoms. The Labute approximate surface area is 125 Å². The maximum Gasteiger partial charge on any atom is 0.246 e. The minimum absolute atomic E-state index is 0.0463. The minimum Gasteiger partial charge on any atom is -0.495 e. The summed E-state index contributed by atoms with van der Waals surface area (Å²) < 4.78 is 37.6. The molecule has 0 atom stereocenters. The lowest BCUT2D eigenvalue weighted by Crippen LogP contribution is -2.40. The van der Waals surface area contributed by atoms with E-state index in [0.717, 1.165) is 5.56 Å². The Morgan fingerprint density at radius 3 is 2.62 bits per heavy atom. The van der Waals surface area contributed by atoms with Crippen molar-refractivity contribution in [2.75, 3.05) is 27.4 Å². The molecule has 0 radical (unpaired) electrons. The van der Waals surface area contributed by atoms with E-state index in [0.29, 0.717) is 31.8 Å². The first-order valence-electron chi connectivity index (χ1n) is 6.93. The first kappa shape index (κ1) is 16.2. The van der Waals surface area contributed by atoms with Crippen molar-refractivity contribution in [1.29, 1.82) is 0 Å². The summed E-state index contributed by atoms with van der Waals surface area (Å²) in [6.45, 7) is 1.46. The van der Waals surface area contributed by atoms with Gasteiger partial charge in [0, 0.05) is 32.8 Å². The molecule has 0 bridgehead atoms. The highest BCUT2D eigenvalue weighted by Crippen LogP contribution is 2.29. The average Bonchev–Trinajstić information content (AvgIpc) is 2.54. The molecule has 118 valence electrons. The zero-order valence-corrected chi connectivity index (χ0v) is 13.2. The van der Waals surface area contributed by atoms with Crippen molar-refractivity contribution in [2.24, 2.45) is 5.73 Å². The number of hydrogen-bond acceptors (Lipinski definition) is 5. The zero-order valence-electron chi connectivity index (χ0n) is 12.4. The van der Waals surface area contributed by atoms with Gasteiger partial charge >= 0.3 is 0 Å². The molecule has 0 aromatic heterocycles. The summed E-state index contributed by atoms with van der Waals surface area (Å²) in [4.78, 5) is 0.168. The number of methoxy groups -OCH3 is 1. The molecule has 1 fully saturated rings. The van der Waals surface area contributed by atoms with Crippen LogP contribution in [-0.4, -0.2) is 46.1 Å². The van der Waals surface area contributed by atoms with E-state index in [4.69, 9.17) is 15.2 Å². The average molecular weight is 314 g/mol. The lowest BCUT2D eigenvalue weighted by atomic mass is 10.1. The normalized spacial score (nSPS) is 17.1. The van der Waals surface area contributed by atoms with Gasteiger partial charge in [0.1, 0.15) is 10.6 Å². The van der Waals surface area contributed by atoms with Gasteiger partial charge in [-0.2, -0.15) is 4.31 Å². The van der Waals surface area contributed by atoms with Gasteiger partial charge in [-0.25, -0.2) is 8.42 Å². The largest absolute Gasteiger partial charge is 0.495 e. The van der Waals surface area contributed by atoms with Gasteiger partial charge in [-0.15, -0.1) is 0 Å². The predicted octanol–water partition coefficient (Wildman–Crippen LogP) is 0.953. The second-order valence-electron chi connectivity index (χ2n) is 5.05. The molecule has 2 rings (SSSR count). The highest BCUT2D eigenvalue weighted by atomic mass is 32.2. The molecule has 1 aromatic rings. The molecule has 6 nitrogen and oxygen atoms in total. The van der Waals surface area contributed by atoms with Crippen LogP contribution in [0.1, 0.15) is 18.4 Å². The SMILES string of the molecule is COc1ccc(CN)cc1S(=O)(=O)N(C)C1CCOCC1. The molecule has 7 heteroatoms. The quantitative estimate of drug-likeness (QED) is 0.875. The summed E-state index contributed by atoms with van der Waals surface area (Å²) in [6.07, 6.45) is 1.41. The van der Waals surface area contributed by atoms with E-state index >= 15 is 0 Å². The highest BCUT2D eigenvalue weighted by molar-refractivity contribution is 7.89. The van der Waals surface area contributed by atoms with Crippen LogP contribution in [-0.2, 0) is 21.3 Å². The fourth-order valence-electron chi connectivity index (χ4n) is 2.45. The fourth-order valence-corrected chi connectivity index (χ4v) is 4.07. The van der Waals surface area contributed by atoms with Crippen molar-refractivity contribution >= 4 is 10.0 Å². The number of nitrogens with zero attached hydrogens (tertiary/aromatic N) is 1. The van der Waals surface area contributed by atoms with Crippen LogP contribution in [0.3, 0.4) is 0 Å². The van der Waals surface area contributed by atoms with Gasteiger partial charge in [0.05, 0.1) is 7.11 Å². The standard InChI is InChI=1S/C14H22N2O4S/c1-16(12-5-7-20-8-6-12)21(17,18)14-9-11(10-15)3-4-13(14)19-2/h3-4,9,12H,5-8,10,15H2,1-2H3. The predicted molar refractivity (Wildman–Crippen MR) is 79.7 cm³/mol. The fraction of sp³-hybridized carbons (Fsp3) is 0.571. The Kier molecular flexibility index (Phi) is 5.21. The van der Waals surface area contributed by atoms with E-state index in [-0.39, 0.29) is 17.5 Å². The van der Waals surface area contributed by atoms with E-state index in [1.165, 1.54) is 11.4 Å². The van der Waals surface area contributed by atoms with Gasteiger partial charge < -0.3 is 15.2 Å². The Bertz CT molecular complexity index is 583. The Morgan fingerprint density at radius 1 is 1.38 bits per heavy atom. The molecule has 1 saturated heterocycles. The van der Waals surface area contributed by atoms with Crippen LogP contribution >= 0.6 is 0 Å². The van der Waals surface area contributed by atoms with Crippen LogP contribution in [0.2, 0.25) is 0 Å². The van der Waals surface area contributed by atoms with Crippen molar-refractivity contribution in [2.45, 2.75) is 30.3 Å². The molecule has 1 aliphatic heterocycles. The van der Waals surface area contributed by atoms with Crippen LogP contribution in [0.4, 0.5) is 0 Å². The molecular formula is C14H22N2O4S. The van der Waals surface area contributed by atoms with Gasteiger partial charge in [-0.3, -0.25) is 0 Å². The molecule has 2 N–H and O–H groups in total. The maximum atomic E-state index is 12.8. The topological polar surface area (TPSA) is 81.9 Å². The minimum atomic E-state index is -3.62. The summed E-state index contributed by atoms with van der Waals surface area (Å²) in [5.41, 5.74) is 6.37. The van der Waals surface area contributed by atoms with Crippen molar-refractivity contribution in [1.82, 2.24) is 4.31 Å². The molecule has 21 heavy (non-hydrogen) atoms. The third kappa shape index (κ3) is 3.37. The summed E-state index contributed by atoms with van der Waals surface area (Å²) in [5.74, 6) is 0.339. The maximum absolute atomic E-state index is 12.8. The first-order valence-corrected chi connectivity index (χ1v) is 8.37. The summed E-state index contributed by atoms with van der Waals surface area (Å²) in [5, 5.41) is 0. The van der Waals surface area contributed by atoms with E-state index < -0.39 is 10.0 Å². The second kappa shape index (κ2) is 6.74. The Balaban J connectivity index is 2.37.